The Labute approximate surface area is 79.3 Å². The summed E-state index contributed by atoms with van der Waals surface area (Å²) in [6.45, 7) is 0.985. The molecule has 1 amide bonds. The number of hydrogen-bond donors (Lipinski definition) is 1. The van der Waals surface area contributed by atoms with Crippen molar-refractivity contribution in [3.63, 3.8) is 0 Å². The third-order valence-corrected chi connectivity index (χ3v) is 3.29. The average Bonchev–Trinajstić information content (AvgIpc) is 2.53. The lowest BCUT2D eigenvalue weighted by Gasteiger charge is -2.33. The van der Waals surface area contributed by atoms with Crippen LogP contribution in [0.2, 0.25) is 0 Å². The Kier molecular flexibility index (Phi) is 2.54. The van der Waals surface area contributed by atoms with Crippen LogP contribution in [0.1, 0.15) is 38.5 Å². The van der Waals surface area contributed by atoms with Gasteiger partial charge in [-0.15, -0.1) is 0 Å². The summed E-state index contributed by atoms with van der Waals surface area (Å²) in [7, 11) is 0. The van der Waals surface area contributed by atoms with E-state index in [4.69, 9.17) is 5.73 Å². The van der Waals surface area contributed by atoms with Gasteiger partial charge >= 0.3 is 0 Å². The lowest BCUT2D eigenvalue weighted by molar-refractivity contribution is -0.130. The Morgan fingerprint density at radius 1 is 1.23 bits per heavy atom. The van der Waals surface area contributed by atoms with Crippen molar-refractivity contribution in [3.8, 4) is 0 Å². The highest BCUT2D eigenvalue weighted by atomic mass is 16.2. The van der Waals surface area contributed by atoms with Gasteiger partial charge in [-0.25, -0.2) is 0 Å². The summed E-state index contributed by atoms with van der Waals surface area (Å²) < 4.78 is 0. The van der Waals surface area contributed by atoms with Crippen molar-refractivity contribution in [1.29, 1.82) is 0 Å². The molecule has 0 aromatic carbocycles. The van der Waals surface area contributed by atoms with Crippen molar-refractivity contribution in [1.82, 2.24) is 4.90 Å². The maximum Gasteiger partial charge on any atom is 0.222 e. The van der Waals surface area contributed by atoms with Crippen LogP contribution in [0.5, 0.6) is 0 Å². The van der Waals surface area contributed by atoms with Crippen molar-refractivity contribution in [3.05, 3.63) is 0 Å². The average molecular weight is 182 g/mol. The first-order chi connectivity index (χ1) is 6.27. The third-order valence-electron chi connectivity index (χ3n) is 3.29. The smallest absolute Gasteiger partial charge is 0.222 e. The van der Waals surface area contributed by atoms with E-state index in [1.165, 1.54) is 0 Å². The number of amides is 1. The van der Waals surface area contributed by atoms with Crippen LogP contribution < -0.4 is 5.73 Å². The number of carbonyl (C=O) groups is 1. The molecule has 1 saturated carbocycles. The van der Waals surface area contributed by atoms with Crippen LogP contribution >= 0.6 is 0 Å². The summed E-state index contributed by atoms with van der Waals surface area (Å²) in [6, 6.07) is 0.892. The van der Waals surface area contributed by atoms with E-state index in [2.05, 4.69) is 4.90 Å². The molecule has 3 nitrogen and oxygen atoms in total. The van der Waals surface area contributed by atoms with Gasteiger partial charge in [0.05, 0.1) is 0 Å². The molecule has 0 spiro atoms. The molecule has 1 heterocycles. The minimum atomic E-state index is 0.362. The zero-order valence-corrected chi connectivity index (χ0v) is 8.04. The molecule has 1 aliphatic carbocycles. The molecule has 2 N–H and O–H groups in total. The molecule has 0 radical (unpaired) electrons. The minimum absolute atomic E-state index is 0.362. The minimum Gasteiger partial charge on any atom is -0.340 e. The predicted molar refractivity (Wildman–Crippen MR) is 51.2 cm³/mol. The van der Waals surface area contributed by atoms with Gasteiger partial charge in [-0.05, 0) is 32.1 Å². The zero-order chi connectivity index (χ0) is 9.26. The second-order valence-corrected chi connectivity index (χ2v) is 4.26. The van der Waals surface area contributed by atoms with Crippen LogP contribution in [0, 0.1) is 0 Å². The second kappa shape index (κ2) is 3.66. The molecule has 0 bridgehead atoms. The quantitative estimate of drug-likeness (QED) is 0.654. The molecule has 0 unspecified atom stereocenters. The number of likely N-dealkylation sites (tertiary alicyclic amines) is 1. The lowest BCUT2D eigenvalue weighted by atomic mass is 9.91. The Morgan fingerprint density at radius 2 is 1.92 bits per heavy atom. The molecule has 13 heavy (non-hydrogen) atoms. The molecule has 1 aliphatic heterocycles. The Morgan fingerprint density at radius 3 is 2.46 bits per heavy atom. The van der Waals surface area contributed by atoms with Gasteiger partial charge < -0.3 is 10.6 Å². The maximum atomic E-state index is 11.4. The van der Waals surface area contributed by atoms with Crippen LogP contribution in [0.25, 0.3) is 0 Å². The Balaban J connectivity index is 1.90. The van der Waals surface area contributed by atoms with Gasteiger partial charge in [-0.3, -0.25) is 4.79 Å². The van der Waals surface area contributed by atoms with Gasteiger partial charge in [-0.2, -0.15) is 0 Å². The highest BCUT2D eigenvalue weighted by Gasteiger charge is 2.30. The van der Waals surface area contributed by atoms with Gasteiger partial charge in [0.25, 0.3) is 0 Å². The highest BCUT2D eigenvalue weighted by Crippen LogP contribution is 2.25. The van der Waals surface area contributed by atoms with E-state index < -0.39 is 0 Å². The summed E-state index contributed by atoms with van der Waals surface area (Å²) in [4.78, 5) is 13.5. The van der Waals surface area contributed by atoms with Gasteiger partial charge in [0.2, 0.25) is 5.91 Å². The fourth-order valence-corrected chi connectivity index (χ4v) is 2.47. The van der Waals surface area contributed by atoms with E-state index in [0.717, 1.165) is 45.1 Å². The topological polar surface area (TPSA) is 46.3 Å². The molecule has 0 aromatic heterocycles. The van der Waals surface area contributed by atoms with Gasteiger partial charge in [0, 0.05) is 25.0 Å². The Bertz CT molecular complexity index is 197. The molecule has 2 aliphatic rings. The molecule has 74 valence electrons. The fourth-order valence-electron chi connectivity index (χ4n) is 2.47. The van der Waals surface area contributed by atoms with E-state index in [-0.39, 0.29) is 0 Å². The highest BCUT2D eigenvalue weighted by molar-refractivity contribution is 5.78. The number of nitrogens with zero attached hydrogens (tertiary/aromatic N) is 1. The van der Waals surface area contributed by atoms with Crippen LogP contribution in [0.4, 0.5) is 0 Å². The van der Waals surface area contributed by atoms with Gasteiger partial charge in [0.1, 0.15) is 0 Å². The van der Waals surface area contributed by atoms with Crippen LogP contribution in [-0.4, -0.2) is 29.4 Å². The SMILES string of the molecule is N[C@H]1CC[C@@H](N2CCCC2=O)CC1. The van der Waals surface area contributed by atoms with Crippen LogP contribution in [-0.2, 0) is 4.79 Å². The van der Waals surface area contributed by atoms with E-state index in [0.29, 0.717) is 18.0 Å². The molecule has 2 rings (SSSR count). The van der Waals surface area contributed by atoms with Crippen molar-refractivity contribution in [2.24, 2.45) is 5.73 Å². The Hall–Kier alpha value is -0.570. The first kappa shape index (κ1) is 9.00. The first-order valence-corrected chi connectivity index (χ1v) is 5.32. The number of rotatable bonds is 1. The predicted octanol–water partition coefficient (Wildman–Crippen LogP) is 0.879. The molecule has 1 saturated heterocycles. The van der Waals surface area contributed by atoms with Crippen molar-refractivity contribution in [2.75, 3.05) is 6.54 Å². The van der Waals surface area contributed by atoms with Crippen molar-refractivity contribution >= 4 is 5.91 Å². The molecule has 3 heteroatoms. The summed E-state index contributed by atoms with van der Waals surface area (Å²) in [5.74, 6) is 0.362. The molecule has 2 fully saturated rings. The van der Waals surface area contributed by atoms with Gasteiger partial charge in [0.15, 0.2) is 0 Å². The van der Waals surface area contributed by atoms with E-state index in [1.807, 2.05) is 0 Å². The molecule has 0 aromatic rings. The van der Waals surface area contributed by atoms with E-state index >= 15 is 0 Å². The van der Waals surface area contributed by atoms with Crippen molar-refractivity contribution in [2.45, 2.75) is 50.6 Å². The lowest BCUT2D eigenvalue weighted by Crippen LogP contribution is -2.41. The normalized spacial score (nSPS) is 35.5. The summed E-state index contributed by atoms with van der Waals surface area (Å²) in [6.07, 6.45) is 6.24. The zero-order valence-electron chi connectivity index (χ0n) is 8.04. The summed E-state index contributed by atoms with van der Waals surface area (Å²) in [5, 5.41) is 0. The number of carbonyl (C=O) groups excluding carboxylic acids is 1. The largest absolute Gasteiger partial charge is 0.340 e. The molecule has 0 atom stereocenters. The van der Waals surface area contributed by atoms with Crippen LogP contribution in [0.3, 0.4) is 0 Å². The van der Waals surface area contributed by atoms with E-state index in [9.17, 15) is 4.79 Å². The number of hydrogen-bond acceptors (Lipinski definition) is 2. The monoisotopic (exact) mass is 182 g/mol. The van der Waals surface area contributed by atoms with Crippen LogP contribution in [0.15, 0.2) is 0 Å². The summed E-state index contributed by atoms with van der Waals surface area (Å²) in [5.41, 5.74) is 5.83. The van der Waals surface area contributed by atoms with Crippen molar-refractivity contribution < 1.29 is 4.79 Å². The number of nitrogens with two attached hydrogens (primary N) is 1. The third kappa shape index (κ3) is 1.85. The molecular weight excluding hydrogens is 164 g/mol. The fraction of sp³-hybridized carbons (Fsp3) is 0.900. The van der Waals surface area contributed by atoms with E-state index in [1.54, 1.807) is 0 Å². The maximum absolute atomic E-state index is 11.4. The standard InChI is InChI=1S/C10H18N2O/c11-8-3-5-9(6-4-8)12-7-1-2-10(12)13/h8-9H,1-7,11H2/t8-,9+. The van der Waals surface area contributed by atoms with Gasteiger partial charge in [-0.1, -0.05) is 0 Å². The molecular formula is C10H18N2O. The first-order valence-electron chi connectivity index (χ1n) is 5.32. The second-order valence-electron chi connectivity index (χ2n) is 4.26. The summed E-state index contributed by atoms with van der Waals surface area (Å²) >= 11 is 0.